The van der Waals surface area contributed by atoms with Gasteiger partial charge in [-0.05, 0) is 23.8 Å². The monoisotopic (exact) mass is 353 g/mol. The lowest BCUT2D eigenvalue weighted by molar-refractivity contribution is -0.385. The maximum absolute atomic E-state index is 14.1. The van der Waals surface area contributed by atoms with E-state index in [2.05, 4.69) is 15.3 Å². The van der Waals surface area contributed by atoms with E-state index in [0.29, 0.717) is 5.39 Å². The predicted molar refractivity (Wildman–Crippen MR) is 91.4 cm³/mol. The van der Waals surface area contributed by atoms with E-state index in [1.165, 1.54) is 12.1 Å². The van der Waals surface area contributed by atoms with Crippen LogP contribution in [0.15, 0.2) is 48.8 Å². The topological polar surface area (TPSA) is 98.9 Å². The zero-order chi connectivity index (χ0) is 18.3. The van der Waals surface area contributed by atoms with Crippen LogP contribution in [0, 0.1) is 15.9 Å². The molecule has 0 aliphatic rings. The van der Waals surface area contributed by atoms with Crippen molar-refractivity contribution in [1.82, 2.24) is 20.0 Å². The number of H-pyrrole nitrogens is 1. The minimum atomic E-state index is -0.826. The lowest BCUT2D eigenvalue weighted by atomic mass is 10.1. The lowest BCUT2D eigenvalue weighted by Crippen LogP contribution is -1.94. The third kappa shape index (κ3) is 2.65. The second-order valence-electron chi connectivity index (χ2n) is 5.62. The Hall–Kier alpha value is -3.75. The van der Waals surface area contributed by atoms with E-state index in [1.807, 2.05) is 18.2 Å². The molecule has 0 fully saturated rings. The molecule has 130 valence electrons. The molecule has 0 bridgehead atoms. The maximum atomic E-state index is 14.1. The van der Waals surface area contributed by atoms with Crippen molar-refractivity contribution in [1.29, 1.82) is 0 Å². The van der Waals surface area contributed by atoms with Crippen LogP contribution in [-0.4, -0.2) is 24.9 Å². The SMILES string of the molecule is Cn1nc(Oc2ccc([N+](=O)[O-])cc2F)c2ccc(-c3cn[nH]c3)cc21. The van der Waals surface area contributed by atoms with E-state index in [-0.39, 0.29) is 17.3 Å². The molecule has 4 aromatic rings. The van der Waals surface area contributed by atoms with Crippen molar-refractivity contribution < 1.29 is 14.1 Å². The normalized spacial score (nSPS) is 11.0. The number of halogens is 1. The summed E-state index contributed by atoms with van der Waals surface area (Å²) in [5.41, 5.74) is 2.32. The molecule has 2 aromatic carbocycles. The molecule has 0 radical (unpaired) electrons. The second kappa shape index (κ2) is 5.96. The first-order valence-electron chi connectivity index (χ1n) is 7.60. The summed E-state index contributed by atoms with van der Waals surface area (Å²) in [7, 11) is 1.75. The van der Waals surface area contributed by atoms with Crippen LogP contribution in [0.3, 0.4) is 0 Å². The Balaban J connectivity index is 1.73. The van der Waals surface area contributed by atoms with Gasteiger partial charge in [0, 0.05) is 24.9 Å². The number of aryl methyl sites for hydroxylation is 1. The number of hydrogen-bond donors (Lipinski definition) is 1. The van der Waals surface area contributed by atoms with Crippen LogP contribution in [0.2, 0.25) is 0 Å². The number of ether oxygens (including phenoxy) is 1. The van der Waals surface area contributed by atoms with Crippen LogP contribution in [0.1, 0.15) is 0 Å². The Bertz CT molecular complexity index is 1120. The van der Waals surface area contributed by atoms with Crippen LogP contribution in [0.5, 0.6) is 11.6 Å². The lowest BCUT2D eigenvalue weighted by Gasteiger charge is -2.04. The molecule has 1 N–H and O–H groups in total. The highest BCUT2D eigenvalue weighted by atomic mass is 19.1. The third-order valence-electron chi connectivity index (χ3n) is 3.98. The van der Waals surface area contributed by atoms with E-state index in [1.54, 1.807) is 24.1 Å². The summed E-state index contributed by atoms with van der Waals surface area (Å²) in [4.78, 5) is 10.0. The Morgan fingerprint density at radius 1 is 1.23 bits per heavy atom. The summed E-state index contributed by atoms with van der Waals surface area (Å²) in [6, 6.07) is 8.84. The van der Waals surface area contributed by atoms with E-state index in [0.717, 1.165) is 22.7 Å². The number of fused-ring (bicyclic) bond motifs is 1. The first-order chi connectivity index (χ1) is 12.5. The highest BCUT2D eigenvalue weighted by molar-refractivity contribution is 5.88. The summed E-state index contributed by atoms with van der Waals surface area (Å²) in [6.45, 7) is 0. The van der Waals surface area contributed by atoms with E-state index < -0.39 is 10.7 Å². The van der Waals surface area contributed by atoms with Gasteiger partial charge in [-0.1, -0.05) is 6.07 Å². The fourth-order valence-corrected chi connectivity index (χ4v) is 2.68. The third-order valence-corrected chi connectivity index (χ3v) is 3.98. The smallest absolute Gasteiger partial charge is 0.272 e. The number of hydrogen-bond acceptors (Lipinski definition) is 5. The molecule has 0 unspecified atom stereocenters. The Labute approximate surface area is 146 Å². The maximum Gasteiger partial charge on any atom is 0.272 e. The van der Waals surface area contributed by atoms with E-state index in [4.69, 9.17) is 4.74 Å². The van der Waals surface area contributed by atoms with Crippen LogP contribution in [0.25, 0.3) is 22.0 Å². The minimum Gasteiger partial charge on any atom is -0.434 e. The number of aromatic amines is 1. The number of nitrogens with zero attached hydrogens (tertiary/aromatic N) is 4. The summed E-state index contributed by atoms with van der Waals surface area (Å²) in [5, 5.41) is 22.4. The van der Waals surface area contributed by atoms with Crippen molar-refractivity contribution in [3.05, 3.63) is 64.7 Å². The fourth-order valence-electron chi connectivity index (χ4n) is 2.68. The van der Waals surface area contributed by atoms with E-state index >= 15 is 0 Å². The molecule has 26 heavy (non-hydrogen) atoms. The summed E-state index contributed by atoms with van der Waals surface area (Å²) < 4.78 is 21.3. The number of nitro benzene ring substituents is 1. The predicted octanol–water partition coefficient (Wildman–Crippen LogP) is 3.80. The fraction of sp³-hybridized carbons (Fsp3) is 0.0588. The molecule has 0 atom stereocenters. The molecule has 0 aliphatic heterocycles. The molecule has 8 nitrogen and oxygen atoms in total. The van der Waals surface area contributed by atoms with Crippen molar-refractivity contribution in [2.24, 2.45) is 7.05 Å². The molecule has 2 heterocycles. The van der Waals surface area contributed by atoms with Crippen LogP contribution >= 0.6 is 0 Å². The summed E-state index contributed by atoms with van der Waals surface area (Å²) in [5.74, 6) is -0.739. The highest BCUT2D eigenvalue weighted by Crippen LogP contribution is 2.33. The van der Waals surface area contributed by atoms with Gasteiger partial charge >= 0.3 is 0 Å². The first-order valence-corrected chi connectivity index (χ1v) is 7.60. The number of aromatic nitrogens is 4. The Morgan fingerprint density at radius 2 is 2.08 bits per heavy atom. The molecule has 4 rings (SSSR count). The molecule has 0 saturated carbocycles. The van der Waals surface area contributed by atoms with Gasteiger partial charge < -0.3 is 4.74 Å². The standard InChI is InChI=1S/C17H12FN5O3/c1-22-15-6-10(11-8-19-20-9-11)2-4-13(15)17(21-22)26-16-5-3-12(23(24)25)7-14(16)18/h2-9H,1H3,(H,19,20). The molecular weight excluding hydrogens is 341 g/mol. The van der Waals surface area contributed by atoms with Gasteiger partial charge in [0.2, 0.25) is 5.88 Å². The van der Waals surface area contributed by atoms with Crippen LogP contribution < -0.4 is 4.74 Å². The van der Waals surface area contributed by atoms with Crippen LogP contribution in [-0.2, 0) is 7.05 Å². The quantitative estimate of drug-likeness (QED) is 0.444. The van der Waals surface area contributed by atoms with Crippen molar-refractivity contribution >= 4 is 16.6 Å². The number of nitrogens with one attached hydrogen (secondary N) is 1. The Kier molecular flexibility index (Phi) is 3.61. The van der Waals surface area contributed by atoms with Gasteiger partial charge in [-0.3, -0.25) is 19.9 Å². The summed E-state index contributed by atoms with van der Waals surface area (Å²) >= 11 is 0. The molecule has 0 aliphatic carbocycles. The zero-order valence-electron chi connectivity index (χ0n) is 13.5. The van der Waals surface area contributed by atoms with Gasteiger partial charge in [0.1, 0.15) is 0 Å². The van der Waals surface area contributed by atoms with Crippen LogP contribution in [0.4, 0.5) is 10.1 Å². The second-order valence-corrected chi connectivity index (χ2v) is 5.62. The molecule has 0 amide bonds. The minimum absolute atomic E-state index is 0.130. The summed E-state index contributed by atoms with van der Waals surface area (Å²) in [6.07, 6.45) is 3.49. The Morgan fingerprint density at radius 3 is 2.77 bits per heavy atom. The zero-order valence-corrected chi connectivity index (χ0v) is 13.5. The van der Waals surface area contributed by atoms with Gasteiger partial charge in [-0.15, -0.1) is 5.10 Å². The van der Waals surface area contributed by atoms with Gasteiger partial charge in [0.25, 0.3) is 5.69 Å². The number of benzene rings is 2. The van der Waals surface area contributed by atoms with Crippen molar-refractivity contribution in [3.8, 4) is 22.8 Å². The van der Waals surface area contributed by atoms with E-state index in [9.17, 15) is 14.5 Å². The van der Waals surface area contributed by atoms with Gasteiger partial charge in [0.05, 0.1) is 28.1 Å². The average molecular weight is 353 g/mol. The molecular formula is C17H12FN5O3. The number of rotatable bonds is 4. The first kappa shape index (κ1) is 15.8. The van der Waals surface area contributed by atoms with Crippen molar-refractivity contribution in [2.75, 3.05) is 0 Å². The molecule has 2 aromatic heterocycles. The van der Waals surface area contributed by atoms with Gasteiger partial charge in [-0.2, -0.15) is 5.10 Å². The van der Waals surface area contributed by atoms with Gasteiger partial charge in [-0.25, -0.2) is 4.39 Å². The van der Waals surface area contributed by atoms with Crippen molar-refractivity contribution in [3.63, 3.8) is 0 Å². The largest absolute Gasteiger partial charge is 0.434 e. The van der Waals surface area contributed by atoms with Gasteiger partial charge in [0.15, 0.2) is 11.6 Å². The molecule has 0 spiro atoms. The highest BCUT2D eigenvalue weighted by Gasteiger charge is 2.16. The molecule has 0 saturated heterocycles. The number of non-ortho nitro benzene ring substituents is 1. The number of nitro groups is 1. The average Bonchev–Trinajstić information content (AvgIpc) is 3.25. The molecule has 9 heteroatoms. The van der Waals surface area contributed by atoms with Crippen molar-refractivity contribution in [2.45, 2.75) is 0 Å².